The lowest BCUT2D eigenvalue weighted by molar-refractivity contribution is 0.628. The van der Waals surface area contributed by atoms with E-state index >= 15 is 0 Å². The van der Waals surface area contributed by atoms with E-state index in [0.29, 0.717) is 11.3 Å². The van der Waals surface area contributed by atoms with Crippen LogP contribution in [0.25, 0.3) is 22.3 Å². The molecular weight excluding hydrogens is 350 g/mol. The summed E-state index contributed by atoms with van der Waals surface area (Å²) < 4.78 is 28.1. The van der Waals surface area contributed by atoms with E-state index in [1.165, 1.54) is 12.3 Å². The maximum atomic E-state index is 14.2. The number of hydrogen-bond acceptors (Lipinski definition) is 5. The van der Waals surface area contributed by atoms with E-state index in [9.17, 15) is 8.28 Å². The fourth-order valence-electron chi connectivity index (χ4n) is 2.08. The minimum Gasteiger partial charge on any atom is -0.399 e. The molecule has 0 bridgehead atoms. The molecule has 0 amide bonds. The Balaban J connectivity index is 0.000000647. The maximum Gasteiger partial charge on any atom is 0.169 e. The van der Waals surface area contributed by atoms with E-state index < -0.39 is 5.82 Å². The van der Waals surface area contributed by atoms with Gasteiger partial charge < -0.3 is 5.73 Å². The van der Waals surface area contributed by atoms with Gasteiger partial charge in [0.2, 0.25) is 0 Å². The second-order valence-electron chi connectivity index (χ2n) is 4.77. The fraction of sp³-hybridized carbons (Fsp3) is 0.125. The van der Waals surface area contributed by atoms with Crippen LogP contribution in [0, 0.1) is 17.1 Å². The molecule has 0 unspecified atom stereocenters. The van der Waals surface area contributed by atoms with Gasteiger partial charge in [-0.1, -0.05) is 12.1 Å². The zero-order valence-corrected chi connectivity index (χ0v) is 14.6. The van der Waals surface area contributed by atoms with Crippen molar-refractivity contribution in [3.8, 4) is 17.3 Å². The number of pyridine rings is 1. The Labute approximate surface area is 147 Å². The van der Waals surface area contributed by atoms with Crippen LogP contribution >= 0.6 is 24.1 Å². The molecule has 2 aromatic heterocycles. The van der Waals surface area contributed by atoms with Crippen LogP contribution in [0.1, 0.15) is 5.56 Å². The summed E-state index contributed by atoms with van der Waals surface area (Å²) in [5.41, 5.74) is 7.45. The molecule has 124 valence electrons. The molecule has 4 nitrogen and oxygen atoms in total. The predicted molar refractivity (Wildman–Crippen MR) is 97.8 cm³/mol. The molecule has 0 aliphatic heterocycles. The van der Waals surface area contributed by atoms with Crippen molar-refractivity contribution in [3.05, 3.63) is 47.9 Å². The van der Waals surface area contributed by atoms with Crippen molar-refractivity contribution in [2.75, 3.05) is 18.2 Å². The molecule has 0 radical (unpaired) electrons. The van der Waals surface area contributed by atoms with Gasteiger partial charge in [0.05, 0.1) is 11.1 Å². The zero-order chi connectivity index (χ0) is 17.7. The van der Waals surface area contributed by atoms with Gasteiger partial charge in [-0.3, -0.25) is 3.97 Å². The van der Waals surface area contributed by atoms with Crippen molar-refractivity contribution >= 4 is 40.8 Å². The second kappa shape index (κ2) is 8.04. The predicted octanol–water partition coefficient (Wildman–Crippen LogP) is 4.66. The molecule has 0 aliphatic carbocycles. The average molecular weight is 364 g/mol. The molecule has 2 heterocycles. The first-order valence-electron chi connectivity index (χ1n) is 6.72. The van der Waals surface area contributed by atoms with Crippen molar-refractivity contribution in [1.29, 1.82) is 5.26 Å². The molecule has 3 rings (SSSR count). The van der Waals surface area contributed by atoms with Gasteiger partial charge >= 0.3 is 0 Å². The van der Waals surface area contributed by atoms with Crippen LogP contribution < -0.4 is 5.73 Å². The van der Waals surface area contributed by atoms with Crippen LogP contribution in [0.3, 0.4) is 0 Å². The van der Waals surface area contributed by atoms with Crippen LogP contribution in [0.5, 0.6) is 0 Å². The molecule has 0 atom stereocenters. The first kappa shape index (κ1) is 18.1. The SMILES string of the molecule is CSC.N#Cc1cn(SF)c2cc(F)c(-c3ccc(N)cc3)nc12. The number of nitriles is 1. The lowest BCUT2D eigenvalue weighted by Gasteiger charge is -2.04. The number of nitrogen functional groups attached to an aromatic ring is 1. The Morgan fingerprint density at radius 2 is 1.88 bits per heavy atom. The van der Waals surface area contributed by atoms with Crippen LogP contribution in [0.15, 0.2) is 36.5 Å². The smallest absolute Gasteiger partial charge is 0.169 e. The number of halogens is 2. The van der Waals surface area contributed by atoms with Crippen molar-refractivity contribution in [2.45, 2.75) is 0 Å². The van der Waals surface area contributed by atoms with E-state index in [-0.39, 0.29) is 34.6 Å². The van der Waals surface area contributed by atoms with E-state index in [1.807, 2.05) is 18.6 Å². The van der Waals surface area contributed by atoms with Crippen molar-refractivity contribution < 1.29 is 8.28 Å². The molecule has 0 aliphatic rings. The first-order valence-corrected chi connectivity index (χ1v) is 9.03. The number of aromatic nitrogens is 2. The lowest BCUT2D eigenvalue weighted by atomic mass is 10.1. The van der Waals surface area contributed by atoms with E-state index in [0.717, 1.165) is 3.97 Å². The number of fused-ring (bicyclic) bond motifs is 1. The molecule has 2 N–H and O–H groups in total. The molecule has 24 heavy (non-hydrogen) atoms. The van der Waals surface area contributed by atoms with E-state index in [2.05, 4.69) is 4.98 Å². The topological polar surface area (TPSA) is 67.6 Å². The summed E-state index contributed by atoms with van der Waals surface area (Å²) in [6, 6.07) is 9.64. The second-order valence-corrected chi connectivity index (χ2v) is 6.11. The number of benzene rings is 1. The van der Waals surface area contributed by atoms with Gasteiger partial charge in [0.15, 0.2) is 18.2 Å². The van der Waals surface area contributed by atoms with Crippen molar-refractivity contribution in [3.63, 3.8) is 0 Å². The molecule has 0 fully saturated rings. The minimum absolute atomic E-state index is 0.0978. The molecule has 0 saturated heterocycles. The third-order valence-corrected chi connectivity index (χ3v) is 3.52. The van der Waals surface area contributed by atoms with Crippen LogP contribution in [0.2, 0.25) is 0 Å². The number of hydrogen-bond donors (Lipinski definition) is 1. The van der Waals surface area contributed by atoms with Crippen molar-refractivity contribution in [2.24, 2.45) is 0 Å². The number of thioether (sulfide) groups is 1. The van der Waals surface area contributed by atoms with Crippen LogP contribution in [0.4, 0.5) is 14.0 Å². The maximum absolute atomic E-state index is 14.2. The van der Waals surface area contributed by atoms with E-state index in [1.54, 1.807) is 36.0 Å². The first-order chi connectivity index (χ1) is 11.5. The van der Waals surface area contributed by atoms with Crippen molar-refractivity contribution in [1.82, 2.24) is 8.96 Å². The summed E-state index contributed by atoms with van der Waals surface area (Å²) in [5, 5.41) is 9.07. The quantitative estimate of drug-likeness (QED) is 0.670. The Kier molecular flexibility index (Phi) is 6.06. The Bertz CT molecular complexity index is 886. The normalized spacial score (nSPS) is 10.1. The highest BCUT2D eigenvalue weighted by Crippen LogP contribution is 2.29. The minimum atomic E-state index is -0.592. The van der Waals surface area contributed by atoms with Crippen LogP contribution in [-0.2, 0) is 0 Å². The third kappa shape index (κ3) is 3.63. The summed E-state index contributed by atoms with van der Waals surface area (Å²) in [6.45, 7) is 0. The highest BCUT2D eigenvalue weighted by Gasteiger charge is 2.16. The number of nitrogens with zero attached hydrogens (tertiary/aromatic N) is 3. The molecule has 3 aromatic rings. The van der Waals surface area contributed by atoms with Gasteiger partial charge in [0.25, 0.3) is 0 Å². The Hall–Kier alpha value is -2.24. The highest BCUT2D eigenvalue weighted by molar-refractivity contribution is 7.97. The summed E-state index contributed by atoms with van der Waals surface area (Å²) >= 11 is 1.64. The summed E-state index contributed by atoms with van der Waals surface area (Å²) in [7, 11) is 0. The standard InChI is InChI=1S/C14H8F2N4S.C2H6S/c15-11-5-12-14(9(6-17)7-20(12)21-16)19-13(11)8-1-3-10(18)4-2-8;1-3-2/h1-5,7H,18H2;1-2H3. The fourth-order valence-corrected chi connectivity index (χ4v) is 2.43. The van der Waals surface area contributed by atoms with Gasteiger partial charge in [-0.25, -0.2) is 9.37 Å². The molecule has 1 aromatic carbocycles. The van der Waals surface area contributed by atoms with Crippen LogP contribution in [-0.4, -0.2) is 21.5 Å². The summed E-state index contributed by atoms with van der Waals surface area (Å²) in [6.07, 6.45) is 5.37. The Morgan fingerprint density at radius 1 is 1.25 bits per heavy atom. The number of anilines is 1. The van der Waals surface area contributed by atoms with E-state index in [4.69, 9.17) is 11.0 Å². The highest BCUT2D eigenvalue weighted by atomic mass is 32.2. The largest absolute Gasteiger partial charge is 0.399 e. The van der Waals surface area contributed by atoms with Gasteiger partial charge in [-0.2, -0.15) is 17.0 Å². The molecule has 8 heteroatoms. The van der Waals surface area contributed by atoms with Gasteiger partial charge in [-0.15, -0.1) is 3.89 Å². The molecule has 0 spiro atoms. The van der Waals surface area contributed by atoms with Gasteiger partial charge in [0.1, 0.15) is 17.3 Å². The lowest BCUT2D eigenvalue weighted by Crippen LogP contribution is -1.93. The summed E-state index contributed by atoms with van der Waals surface area (Å²) in [4.78, 5) is 4.17. The van der Waals surface area contributed by atoms with Gasteiger partial charge in [0, 0.05) is 23.5 Å². The Morgan fingerprint density at radius 3 is 2.42 bits per heavy atom. The third-order valence-electron chi connectivity index (χ3n) is 3.07. The number of nitrogens with two attached hydrogens (primary N) is 1. The average Bonchev–Trinajstić information content (AvgIpc) is 2.92. The van der Waals surface area contributed by atoms with Gasteiger partial charge in [-0.05, 0) is 24.6 Å². The monoisotopic (exact) mass is 364 g/mol. The molecular formula is C16H14F2N4S2. The zero-order valence-electron chi connectivity index (χ0n) is 13.0. The number of rotatable bonds is 2. The summed E-state index contributed by atoms with van der Waals surface area (Å²) in [5.74, 6) is -0.592. The molecule has 0 saturated carbocycles.